The van der Waals surface area contributed by atoms with Gasteiger partial charge < -0.3 is 10.1 Å². The fourth-order valence-corrected chi connectivity index (χ4v) is 5.43. The average molecular weight is 448 g/mol. The van der Waals surface area contributed by atoms with Gasteiger partial charge in [0.2, 0.25) is 5.91 Å². The highest BCUT2D eigenvalue weighted by molar-refractivity contribution is 7.90. The Morgan fingerprint density at radius 1 is 1.32 bits per heavy atom. The van der Waals surface area contributed by atoms with E-state index in [4.69, 9.17) is 4.74 Å². The Morgan fingerprint density at radius 3 is 2.61 bits per heavy atom. The molecule has 2 rings (SSSR count). The number of amides is 1. The first-order chi connectivity index (χ1) is 14.5. The topological polar surface area (TPSA) is 89.5 Å². The minimum atomic E-state index is -3.50. The fraction of sp³-hybridized carbons (Fsp3) is 0.500. The minimum absolute atomic E-state index is 0.107. The summed E-state index contributed by atoms with van der Waals surface area (Å²) < 4.78 is 30.8. The van der Waals surface area contributed by atoms with Gasteiger partial charge in [0.05, 0.1) is 23.5 Å². The van der Waals surface area contributed by atoms with E-state index in [1.807, 2.05) is 13.0 Å². The molecular formula is C24H33NO5S. The molecule has 0 spiro atoms. The van der Waals surface area contributed by atoms with Gasteiger partial charge >= 0.3 is 5.97 Å². The SMILES string of the molecule is C=Cc1cccc(CS(=O)(=O)CC(C)C(=O)N[C@@H](C[C@H](C)C=C)[C@@H]2C[C@@H](C)C(=O)O2)c1. The van der Waals surface area contributed by atoms with Crippen molar-refractivity contribution in [2.24, 2.45) is 17.8 Å². The summed E-state index contributed by atoms with van der Waals surface area (Å²) in [4.78, 5) is 24.6. The Bertz CT molecular complexity index is 924. The van der Waals surface area contributed by atoms with Crippen LogP contribution in [0.1, 0.15) is 44.7 Å². The molecule has 1 heterocycles. The summed E-state index contributed by atoms with van der Waals surface area (Å²) in [6.45, 7) is 12.8. The molecule has 0 saturated carbocycles. The van der Waals surface area contributed by atoms with Crippen molar-refractivity contribution in [1.29, 1.82) is 0 Å². The molecule has 1 aromatic rings. The number of allylic oxidation sites excluding steroid dienone is 1. The second-order valence-electron chi connectivity index (χ2n) is 8.58. The molecule has 1 saturated heterocycles. The number of hydrogen-bond acceptors (Lipinski definition) is 5. The zero-order valence-corrected chi connectivity index (χ0v) is 19.4. The summed E-state index contributed by atoms with van der Waals surface area (Å²) in [5.41, 5.74) is 1.51. The second kappa shape index (κ2) is 10.8. The van der Waals surface area contributed by atoms with Gasteiger partial charge in [0, 0.05) is 5.92 Å². The molecule has 170 valence electrons. The summed E-state index contributed by atoms with van der Waals surface area (Å²) in [5, 5.41) is 2.93. The van der Waals surface area contributed by atoms with Gasteiger partial charge in [-0.2, -0.15) is 0 Å². The maximum absolute atomic E-state index is 12.8. The first-order valence-electron chi connectivity index (χ1n) is 10.6. The summed E-state index contributed by atoms with van der Waals surface area (Å²) in [7, 11) is -3.50. The van der Waals surface area contributed by atoms with Crippen molar-refractivity contribution in [2.45, 2.75) is 51.5 Å². The van der Waals surface area contributed by atoms with E-state index in [0.717, 1.165) is 5.56 Å². The van der Waals surface area contributed by atoms with E-state index < -0.39 is 21.9 Å². The zero-order valence-electron chi connectivity index (χ0n) is 18.5. The molecular weight excluding hydrogens is 414 g/mol. The number of nitrogens with one attached hydrogen (secondary N) is 1. The monoisotopic (exact) mass is 447 g/mol. The number of ether oxygens (including phenoxy) is 1. The van der Waals surface area contributed by atoms with Crippen LogP contribution in [0.3, 0.4) is 0 Å². The number of rotatable bonds is 11. The summed E-state index contributed by atoms with van der Waals surface area (Å²) in [5.74, 6) is -1.87. The summed E-state index contributed by atoms with van der Waals surface area (Å²) in [6.07, 6.45) is 4.12. The van der Waals surface area contributed by atoms with Gasteiger partial charge in [-0.05, 0) is 29.9 Å². The Morgan fingerprint density at radius 2 is 2.03 bits per heavy atom. The maximum atomic E-state index is 12.8. The van der Waals surface area contributed by atoms with Crippen LogP contribution < -0.4 is 5.32 Å². The third kappa shape index (κ3) is 7.35. The molecule has 1 amide bonds. The number of cyclic esters (lactones) is 1. The van der Waals surface area contributed by atoms with Gasteiger partial charge in [0.1, 0.15) is 6.10 Å². The molecule has 1 aromatic carbocycles. The lowest BCUT2D eigenvalue weighted by atomic mass is 9.93. The van der Waals surface area contributed by atoms with Crippen LogP contribution in [0.4, 0.5) is 0 Å². The summed E-state index contributed by atoms with van der Waals surface area (Å²) in [6, 6.07) is 6.77. The van der Waals surface area contributed by atoms with E-state index in [0.29, 0.717) is 18.4 Å². The molecule has 1 aliphatic heterocycles. The first-order valence-corrected chi connectivity index (χ1v) is 12.4. The molecule has 1 unspecified atom stereocenters. The standard InChI is InChI=1S/C24H33NO5S/c1-6-16(3)11-21(22-12-17(4)24(27)30-22)25-23(26)18(5)14-31(28,29)15-20-10-8-9-19(7-2)13-20/h6-10,13,16-18,21-22H,1-2,11-12,14-15H2,3-5H3,(H,25,26)/t16-,17-,18?,21+,22+/m1/s1. The predicted octanol–water partition coefficient (Wildman–Crippen LogP) is 3.53. The van der Waals surface area contributed by atoms with Crippen molar-refractivity contribution in [3.05, 3.63) is 54.6 Å². The third-order valence-corrected chi connectivity index (χ3v) is 7.37. The van der Waals surface area contributed by atoms with Crippen LogP contribution in [-0.4, -0.2) is 38.2 Å². The maximum Gasteiger partial charge on any atom is 0.309 e. The van der Waals surface area contributed by atoms with Crippen LogP contribution >= 0.6 is 0 Å². The highest BCUT2D eigenvalue weighted by Crippen LogP contribution is 2.26. The molecule has 1 N–H and O–H groups in total. The predicted molar refractivity (Wildman–Crippen MR) is 123 cm³/mol. The summed E-state index contributed by atoms with van der Waals surface area (Å²) >= 11 is 0. The van der Waals surface area contributed by atoms with Crippen molar-refractivity contribution < 1.29 is 22.7 Å². The van der Waals surface area contributed by atoms with Gasteiger partial charge in [-0.25, -0.2) is 8.42 Å². The van der Waals surface area contributed by atoms with Crippen LogP contribution in [0, 0.1) is 17.8 Å². The highest BCUT2D eigenvalue weighted by Gasteiger charge is 2.38. The Balaban J connectivity index is 2.04. The molecule has 1 aliphatic rings. The van der Waals surface area contributed by atoms with Gasteiger partial charge in [0.25, 0.3) is 0 Å². The first kappa shape index (κ1) is 24.9. The smallest absolute Gasteiger partial charge is 0.309 e. The van der Waals surface area contributed by atoms with E-state index in [1.165, 1.54) is 0 Å². The van der Waals surface area contributed by atoms with Crippen molar-refractivity contribution in [2.75, 3.05) is 5.75 Å². The van der Waals surface area contributed by atoms with E-state index in [-0.39, 0.29) is 41.3 Å². The molecule has 1 fully saturated rings. The molecule has 31 heavy (non-hydrogen) atoms. The van der Waals surface area contributed by atoms with Crippen LogP contribution in [0.5, 0.6) is 0 Å². The van der Waals surface area contributed by atoms with E-state index in [1.54, 1.807) is 44.2 Å². The van der Waals surface area contributed by atoms with Gasteiger partial charge in [-0.15, -0.1) is 6.58 Å². The minimum Gasteiger partial charge on any atom is -0.460 e. The van der Waals surface area contributed by atoms with Crippen LogP contribution in [-0.2, 0) is 29.9 Å². The quantitative estimate of drug-likeness (QED) is 0.414. The molecule has 0 aliphatic carbocycles. The number of carbonyl (C=O) groups is 2. The van der Waals surface area contributed by atoms with Crippen molar-refractivity contribution in [3.63, 3.8) is 0 Å². The number of esters is 1. The van der Waals surface area contributed by atoms with Crippen LogP contribution in [0.2, 0.25) is 0 Å². The zero-order chi connectivity index (χ0) is 23.2. The number of hydrogen-bond donors (Lipinski definition) is 1. The van der Waals surface area contributed by atoms with E-state index in [2.05, 4.69) is 18.5 Å². The largest absolute Gasteiger partial charge is 0.460 e. The Labute approximate surface area is 185 Å². The lowest BCUT2D eigenvalue weighted by molar-refractivity contribution is -0.145. The molecule has 7 heteroatoms. The van der Waals surface area contributed by atoms with Crippen LogP contribution in [0.25, 0.3) is 6.08 Å². The fourth-order valence-electron chi connectivity index (χ4n) is 3.71. The lowest BCUT2D eigenvalue weighted by Crippen LogP contribution is -2.47. The number of benzene rings is 1. The van der Waals surface area contributed by atoms with Crippen molar-refractivity contribution in [1.82, 2.24) is 5.32 Å². The average Bonchev–Trinajstić information content (AvgIpc) is 3.05. The molecule has 0 radical (unpaired) electrons. The molecule has 5 atom stereocenters. The number of sulfone groups is 1. The number of carbonyl (C=O) groups excluding carboxylic acids is 2. The molecule has 0 aromatic heterocycles. The molecule has 0 bridgehead atoms. The van der Waals surface area contributed by atoms with Gasteiger partial charge in [0.15, 0.2) is 9.84 Å². The second-order valence-corrected chi connectivity index (χ2v) is 10.7. The van der Waals surface area contributed by atoms with Gasteiger partial charge in [-0.1, -0.05) is 63.8 Å². The highest BCUT2D eigenvalue weighted by atomic mass is 32.2. The van der Waals surface area contributed by atoms with Crippen molar-refractivity contribution in [3.8, 4) is 0 Å². The van der Waals surface area contributed by atoms with Crippen LogP contribution in [0.15, 0.2) is 43.5 Å². The van der Waals surface area contributed by atoms with E-state index >= 15 is 0 Å². The third-order valence-electron chi connectivity index (χ3n) is 5.59. The van der Waals surface area contributed by atoms with E-state index in [9.17, 15) is 18.0 Å². The Kier molecular flexibility index (Phi) is 8.62. The van der Waals surface area contributed by atoms with Gasteiger partial charge in [-0.3, -0.25) is 9.59 Å². The molecule has 6 nitrogen and oxygen atoms in total. The normalized spacial score (nSPS) is 21.6. The van der Waals surface area contributed by atoms with Crippen molar-refractivity contribution >= 4 is 27.8 Å². The Hall–Kier alpha value is -2.41. The lowest BCUT2D eigenvalue weighted by Gasteiger charge is -2.27.